The third-order valence-corrected chi connectivity index (χ3v) is 3.79. The summed E-state index contributed by atoms with van der Waals surface area (Å²) < 4.78 is 0. The summed E-state index contributed by atoms with van der Waals surface area (Å²) in [4.78, 5) is 0. The Bertz CT molecular complexity index is 161. The predicted octanol–water partition coefficient (Wildman–Crippen LogP) is 3.86. The van der Waals surface area contributed by atoms with Crippen LogP contribution in [-0.2, 0) is 0 Å². The van der Waals surface area contributed by atoms with E-state index in [9.17, 15) is 0 Å². The van der Waals surface area contributed by atoms with Crippen molar-refractivity contribution < 1.29 is 0 Å². The molecule has 84 valence electrons. The highest BCUT2D eigenvalue weighted by molar-refractivity contribution is 4.94. The van der Waals surface area contributed by atoms with Crippen LogP contribution >= 0.6 is 0 Å². The van der Waals surface area contributed by atoms with Gasteiger partial charge in [-0.05, 0) is 44.4 Å². The first-order chi connectivity index (χ1) is 6.54. The maximum absolute atomic E-state index is 6.31. The van der Waals surface area contributed by atoms with Crippen LogP contribution in [0.25, 0.3) is 0 Å². The van der Waals surface area contributed by atoms with E-state index in [1.54, 1.807) is 0 Å². The van der Waals surface area contributed by atoms with Crippen LogP contribution in [0.4, 0.5) is 0 Å². The molecule has 0 radical (unpaired) electrons. The molecule has 0 aliphatic heterocycles. The molecule has 0 spiro atoms. The first kappa shape index (κ1) is 12.0. The predicted molar refractivity (Wildman–Crippen MR) is 63.3 cm³/mol. The minimum atomic E-state index is 0.114. The van der Waals surface area contributed by atoms with Crippen LogP contribution in [0, 0.1) is 5.41 Å². The molecule has 1 nitrogen and oxygen atoms in total. The molecule has 1 unspecified atom stereocenters. The van der Waals surface area contributed by atoms with Gasteiger partial charge in [0.2, 0.25) is 0 Å². The van der Waals surface area contributed by atoms with Crippen molar-refractivity contribution in [3.63, 3.8) is 0 Å². The van der Waals surface area contributed by atoms with E-state index in [0.29, 0.717) is 5.41 Å². The summed E-state index contributed by atoms with van der Waals surface area (Å²) >= 11 is 0. The lowest BCUT2D eigenvalue weighted by molar-refractivity contribution is 0.100. The van der Waals surface area contributed by atoms with Crippen molar-refractivity contribution >= 4 is 0 Å². The molecule has 1 aliphatic carbocycles. The summed E-state index contributed by atoms with van der Waals surface area (Å²) in [5, 5.41) is 0. The van der Waals surface area contributed by atoms with Crippen molar-refractivity contribution in [3.05, 3.63) is 0 Å². The lowest BCUT2D eigenvalue weighted by Gasteiger charge is -2.45. The topological polar surface area (TPSA) is 26.0 Å². The molecule has 1 fully saturated rings. The molecule has 1 aliphatic rings. The Hall–Kier alpha value is -0.0400. The smallest absolute Gasteiger partial charge is 0.0131 e. The zero-order valence-corrected chi connectivity index (χ0v) is 10.2. The Morgan fingerprint density at radius 1 is 1.07 bits per heavy atom. The van der Waals surface area contributed by atoms with Gasteiger partial charge in [0, 0.05) is 5.54 Å². The summed E-state index contributed by atoms with van der Waals surface area (Å²) in [6.07, 6.45) is 10.6. The Balaban J connectivity index is 2.65. The first-order valence-electron chi connectivity index (χ1n) is 6.32. The molecule has 1 rings (SSSR count). The summed E-state index contributed by atoms with van der Waals surface area (Å²) in [7, 11) is 0. The van der Waals surface area contributed by atoms with Crippen molar-refractivity contribution in [2.75, 3.05) is 0 Å². The van der Waals surface area contributed by atoms with Gasteiger partial charge in [-0.1, -0.05) is 33.1 Å². The van der Waals surface area contributed by atoms with Gasteiger partial charge in [-0.3, -0.25) is 0 Å². The summed E-state index contributed by atoms with van der Waals surface area (Å²) in [6, 6.07) is 0. The van der Waals surface area contributed by atoms with Crippen LogP contribution in [0.15, 0.2) is 0 Å². The maximum Gasteiger partial charge on any atom is 0.0131 e. The lowest BCUT2D eigenvalue weighted by Crippen LogP contribution is -2.45. The van der Waals surface area contributed by atoms with Gasteiger partial charge in [-0.25, -0.2) is 0 Å². The van der Waals surface area contributed by atoms with Gasteiger partial charge in [0.15, 0.2) is 0 Å². The van der Waals surface area contributed by atoms with Crippen LogP contribution in [0.3, 0.4) is 0 Å². The zero-order valence-electron chi connectivity index (χ0n) is 10.2. The molecule has 0 heterocycles. The largest absolute Gasteiger partial charge is 0.325 e. The Kier molecular flexibility index (Phi) is 4.00. The van der Waals surface area contributed by atoms with E-state index in [4.69, 9.17) is 5.73 Å². The number of rotatable bonds is 4. The maximum atomic E-state index is 6.31. The molecule has 1 saturated carbocycles. The Morgan fingerprint density at radius 2 is 1.64 bits per heavy atom. The third kappa shape index (κ3) is 2.98. The van der Waals surface area contributed by atoms with Gasteiger partial charge in [0.25, 0.3) is 0 Å². The highest BCUT2D eigenvalue weighted by Gasteiger charge is 2.38. The number of hydrogen-bond acceptors (Lipinski definition) is 1. The van der Waals surface area contributed by atoms with Gasteiger partial charge >= 0.3 is 0 Å². The number of hydrogen-bond donors (Lipinski definition) is 1. The van der Waals surface area contributed by atoms with E-state index in [-0.39, 0.29) is 5.54 Å². The van der Waals surface area contributed by atoms with Gasteiger partial charge in [0.1, 0.15) is 0 Å². The normalized spacial score (nSPS) is 31.7. The van der Waals surface area contributed by atoms with Crippen molar-refractivity contribution in [1.29, 1.82) is 0 Å². The second kappa shape index (κ2) is 4.65. The minimum Gasteiger partial charge on any atom is -0.325 e. The van der Waals surface area contributed by atoms with E-state index in [2.05, 4.69) is 20.8 Å². The van der Waals surface area contributed by atoms with E-state index in [0.717, 1.165) is 0 Å². The van der Waals surface area contributed by atoms with E-state index in [1.807, 2.05) is 0 Å². The highest BCUT2D eigenvalue weighted by Crippen LogP contribution is 2.46. The third-order valence-electron chi connectivity index (χ3n) is 3.79. The first-order valence-corrected chi connectivity index (χ1v) is 6.32. The van der Waals surface area contributed by atoms with Gasteiger partial charge in [-0.2, -0.15) is 0 Å². The van der Waals surface area contributed by atoms with Crippen LogP contribution < -0.4 is 5.73 Å². The molecule has 0 aromatic carbocycles. The van der Waals surface area contributed by atoms with Crippen molar-refractivity contribution in [1.82, 2.24) is 0 Å². The van der Waals surface area contributed by atoms with Crippen molar-refractivity contribution in [2.24, 2.45) is 11.1 Å². The minimum absolute atomic E-state index is 0.114. The standard InChI is InChI=1S/C13H27N/c1-4-7-13(8-5-2)10-6-9-12(3,14)11-13/h4-11,14H2,1-3H3. The fourth-order valence-corrected chi connectivity index (χ4v) is 3.51. The summed E-state index contributed by atoms with van der Waals surface area (Å²) in [6.45, 7) is 6.85. The molecule has 1 atom stereocenters. The van der Waals surface area contributed by atoms with E-state index >= 15 is 0 Å². The van der Waals surface area contributed by atoms with Crippen LogP contribution in [-0.4, -0.2) is 5.54 Å². The monoisotopic (exact) mass is 197 g/mol. The SMILES string of the molecule is CCCC1(CCC)CCCC(C)(N)C1. The Labute approximate surface area is 89.5 Å². The molecule has 14 heavy (non-hydrogen) atoms. The fraction of sp³-hybridized carbons (Fsp3) is 1.00. The molecular weight excluding hydrogens is 170 g/mol. The Morgan fingerprint density at radius 3 is 2.07 bits per heavy atom. The zero-order chi connectivity index (χ0) is 10.7. The molecule has 0 aromatic heterocycles. The van der Waals surface area contributed by atoms with Gasteiger partial charge in [-0.15, -0.1) is 0 Å². The van der Waals surface area contributed by atoms with Gasteiger partial charge in [0.05, 0.1) is 0 Å². The van der Waals surface area contributed by atoms with Crippen molar-refractivity contribution in [3.8, 4) is 0 Å². The van der Waals surface area contributed by atoms with Crippen LogP contribution in [0.1, 0.15) is 72.1 Å². The van der Waals surface area contributed by atoms with Gasteiger partial charge < -0.3 is 5.73 Å². The second-order valence-electron chi connectivity index (χ2n) is 5.68. The van der Waals surface area contributed by atoms with Crippen molar-refractivity contribution in [2.45, 2.75) is 77.7 Å². The molecule has 0 bridgehead atoms. The van der Waals surface area contributed by atoms with Crippen LogP contribution in [0.2, 0.25) is 0 Å². The highest BCUT2D eigenvalue weighted by atomic mass is 14.7. The average Bonchev–Trinajstić information content (AvgIpc) is 2.02. The molecule has 1 heteroatoms. The molecule has 0 aromatic rings. The summed E-state index contributed by atoms with van der Waals surface area (Å²) in [5.41, 5.74) is 7.02. The lowest BCUT2D eigenvalue weighted by atomic mass is 9.63. The van der Waals surface area contributed by atoms with Crippen LogP contribution in [0.5, 0.6) is 0 Å². The quantitative estimate of drug-likeness (QED) is 0.727. The molecule has 0 amide bonds. The molecule has 2 N–H and O–H groups in total. The molecule has 0 saturated heterocycles. The average molecular weight is 197 g/mol. The fourth-order valence-electron chi connectivity index (χ4n) is 3.51. The number of nitrogens with two attached hydrogens (primary N) is 1. The summed E-state index contributed by atoms with van der Waals surface area (Å²) in [5.74, 6) is 0. The van der Waals surface area contributed by atoms with E-state index in [1.165, 1.54) is 51.4 Å². The molecular formula is C13H27N. The van der Waals surface area contributed by atoms with E-state index < -0.39 is 0 Å². The second-order valence-corrected chi connectivity index (χ2v) is 5.68.